The molecule has 0 spiro atoms. The fourth-order valence-electron chi connectivity index (χ4n) is 1.68. The molecule has 0 unspecified atom stereocenters. The van der Waals surface area contributed by atoms with Crippen LogP contribution >= 0.6 is 0 Å². The highest BCUT2D eigenvalue weighted by Crippen LogP contribution is 2.30. The van der Waals surface area contributed by atoms with E-state index in [1.807, 2.05) is 18.2 Å². The van der Waals surface area contributed by atoms with Gasteiger partial charge < -0.3 is 4.74 Å². The van der Waals surface area contributed by atoms with Crippen LogP contribution in [0, 0.1) is 0 Å². The molecule has 0 heterocycles. The van der Waals surface area contributed by atoms with Crippen molar-refractivity contribution in [2.75, 3.05) is 7.11 Å². The van der Waals surface area contributed by atoms with Crippen molar-refractivity contribution in [1.82, 2.24) is 0 Å². The second kappa shape index (κ2) is 4.55. The second-order valence-corrected chi connectivity index (χ2v) is 3.36. The highest BCUT2D eigenvalue weighted by Gasteiger charge is 2.13. The zero-order valence-electron chi connectivity index (χ0n) is 9.12. The molecule has 84 valence electrons. The van der Waals surface area contributed by atoms with Gasteiger partial charge in [-0.05, 0) is 22.4 Å². The van der Waals surface area contributed by atoms with Crippen molar-refractivity contribution in [3.05, 3.63) is 52.4 Å². The Morgan fingerprint density at radius 3 is 2.76 bits per heavy atom. The summed E-state index contributed by atoms with van der Waals surface area (Å²) in [7, 11) is 1.29. The minimum Gasteiger partial charge on any atom is -0.465 e. The normalized spacial score (nSPS) is 9.71. The molecule has 2 aromatic rings. The van der Waals surface area contributed by atoms with Crippen LogP contribution in [0.4, 0.5) is 5.69 Å². The summed E-state index contributed by atoms with van der Waals surface area (Å²) in [4.78, 5) is 14.3. The van der Waals surface area contributed by atoms with E-state index in [1.165, 1.54) is 7.11 Å². The highest BCUT2D eigenvalue weighted by molar-refractivity contribution is 6.05. The maximum atomic E-state index is 11.5. The molecule has 0 fully saturated rings. The molecular formula is C12H9N3O2. The van der Waals surface area contributed by atoms with Crippen LogP contribution in [0.15, 0.2) is 41.5 Å². The molecule has 5 nitrogen and oxygen atoms in total. The number of esters is 1. The van der Waals surface area contributed by atoms with Gasteiger partial charge in [0.15, 0.2) is 0 Å². The predicted octanol–water partition coefficient (Wildman–Crippen LogP) is 3.57. The molecule has 0 saturated carbocycles. The number of carbonyl (C=O) groups is 1. The first-order chi connectivity index (χ1) is 8.27. The van der Waals surface area contributed by atoms with Gasteiger partial charge in [0.2, 0.25) is 0 Å². The van der Waals surface area contributed by atoms with Crippen LogP contribution in [0.3, 0.4) is 0 Å². The number of azide groups is 1. The number of fused-ring (bicyclic) bond motifs is 1. The smallest absolute Gasteiger partial charge is 0.338 e. The first kappa shape index (κ1) is 11.0. The lowest BCUT2D eigenvalue weighted by molar-refractivity contribution is 0.0602. The summed E-state index contributed by atoms with van der Waals surface area (Å²) in [5, 5.41) is 5.22. The van der Waals surface area contributed by atoms with Gasteiger partial charge in [-0.2, -0.15) is 0 Å². The van der Waals surface area contributed by atoms with Gasteiger partial charge in [-0.1, -0.05) is 35.4 Å². The average molecular weight is 227 g/mol. The van der Waals surface area contributed by atoms with E-state index in [1.54, 1.807) is 18.2 Å². The molecular weight excluding hydrogens is 218 g/mol. The summed E-state index contributed by atoms with van der Waals surface area (Å²) in [5.41, 5.74) is 9.14. The fraction of sp³-hybridized carbons (Fsp3) is 0.0833. The van der Waals surface area contributed by atoms with Crippen molar-refractivity contribution in [2.24, 2.45) is 5.11 Å². The van der Waals surface area contributed by atoms with Crippen LogP contribution in [0.25, 0.3) is 21.2 Å². The zero-order valence-corrected chi connectivity index (χ0v) is 9.12. The molecule has 2 rings (SSSR count). The summed E-state index contributed by atoms with van der Waals surface area (Å²) < 4.78 is 4.65. The monoisotopic (exact) mass is 227 g/mol. The van der Waals surface area contributed by atoms with E-state index in [0.717, 1.165) is 10.8 Å². The highest BCUT2D eigenvalue weighted by atomic mass is 16.5. The van der Waals surface area contributed by atoms with Crippen molar-refractivity contribution in [2.45, 2.75) is 0 Å². The molecule has 0 aromatic heterocycles. The summed E-state index contributed by atoms with van der Waals surface area (Å²) in [6, 6.07) is 10.8. The van der Waals surface area contributed by atoms with Crippen LogP contribution in [-0.2, 0) is 4.74 Å². The van der Waals surface area contributed by atoms with E-state index in [-0.39, 0.29) is 5.56 Å². The summed E-state index contributed by atoms with van der Waals surface area (Å²) in [5.74, 6) is -0.516. The third kappa shape index (κ3) is 1.91. The SMILES string of the molecule is COC(=O)c1ccc2ccccc2c1N=[N+]=[N-]. The molecule has 0 aliphatic carbocycles. The Kier molecular flexibility index (Phi) is 2.94. The Morgan fingerprint density at radius 2 is 2.06 bits per heavy atom. The van der Waals surface area contributed by atoms with Gasteiger partial charge in [0.05, 0.1) is 18.4 Å². The number of ether oxygens (including phenoxy) is 1. The summed E-state index contributed by atoms with van der Waals surface area (Å²) in [6.07, 6.45) is 0. The van der Waals surface area contributed by atoms with E-state index < -0.39 is 5.97 Å². The molecule has 0 aliphatic heterocycles. The van der Waals surface area contributed by atoms with E-state index >= 15 is 0 Å². The van der Waals surface area contributed by atoms with Gasteiger partial charge in [-0.3, -0.25) is 0 Å². The first-order valence-electron chi connectivity index (χ1n) is 4.93. The largest absolute Gasteiger partial charge is 0.465 e. The standard InChI is InChI=1S/C12H9N3O2/c1-17-12(16)10-7-6-8-4-2-3-5-9(8)11(10)14-15-13/h2-7H,1H3. The van der Waals surface area contributed by atoms with Crippen LogP contribution in [0.5, 0.6) is 0 Å². The number of nitrogens with zero attached hydrogens (tertiary/aromatic N) is 3. The number of methoxy groups -OCH3 is 1. The molecule has 0 radical (unpaired) electrons. The lowest BCUT2D eigenvalue weighted by Gasteiger charge is -2.06. The Morgan fingerprint density at radius 1 is 1.29 bits per heavy atom. The summed E-state index contributed by atoms with van der Waals surface area (Å²) >= 11 is 0. The minimum atomic E-state index is -0.516. The first-order valence-corrected chi connectivity index (χ1v) is 4.93. The summed E-state index contributed by atoms with van der Waals surface area (Å²) in [6.45, 7) is 0. The zero-order chi connectivity index (χ0) is 12.3. The number of rotatable bonds is 2. The number of benzene rings is 2. The van der Waals surface area contributed by atoms with Crippen molar-refractivity contribution in [3.8, 4) is 0 Å². The Balaban J connectivity index is 2.81. The molecule has 17 heavy (non-hydrogen) atoms. The predicted molar refractivity (Wildman–Crippen MR) is 64.1 cm³/mol. The lowest BCUT2D eigenvalue weighted by Crippen LogP contribution is -2.01. The Bertz CT molecular complexity index is 631. The Hall–Kier alpha value is -2.52. The molecule has 2 aromatic carbocycles. The van der Waals surface area contributed by atoms with Gasteiger partial charge >= 0.3 is 5.97 Å². The van der Waals surface area contributed by atoms with Crippen molar-refractivity contribution >= 4 is 22.4 Å². The van der Waals surface area contributed by atoms with Crippen LogP contribution < -0.4 is 0 Å². The molecule has 0 N–H and O–H groups in total. The average Bonchev–Trinajstić information content (AvgIpc) is 2.38. The van der Waals surface area contributed by atoms with Crippen molar-refractivity contribution < 1.29 is 9.53 Å². The lowest BCUT2D eigenvalue weighted by atomic mass is 10.0. The number of carbonyl (C=O) groups excluding carboxylic acids is 1. The minimum absolute atomic E-state index is 0.268. The number of hydrogen-bond acceptors (Lipinski definition) is 3. The maximum Gasteiger partial charge on any atom is 0.338 e. The molecule has 5 heteroatoms. The fourth-order valence-corrected chi connectivity index (χ4v) is 1.68. The van der Waals surface area contributed by atoms with E-state index in [0.29, 0.717) is 5.69 Å². The molecule has 0 atom stereocenters. The quantitative estimate of drug-likeness (QED) is 0.340. The molecule has 0 aliphatic rings. The maximum absolute atomic E-state index is 11.5. The van der Waals surface area contributed by atoms with Gasteiger partial charge in [0.1, 0.15) is 0 Å². The van der Waals surface area contributed by atoms with E-state index in [9.17, 15) is 4.79 Å². The van der Waals surface area contributed by atoms with Crippen LogP contribution in [0.1, 0.15) is 10.4 Å². The van der Waals surface area contributed by atoms with Gasteiger partial charge in [0.25, 0.3) is 0 Å². The third-order valence-corrected chi connectivity index (χ3v) is 2.45. The van der Waals surface area contributed by atoms with Crippen LogP contribution in [0.2, 0.25) is 0 Å². The van der Waals surface area contributed by atoms with Crippen LogP contribution in [-0.4, -0.2) is 13.1 Å². The second-order valence-electron chi connectivity index (χ2n) is 3.36. The van der Waals surface area contributed by atoms with Crippen molar-refractivity contribution in [1.29, 1.82) is 0 Å². The van der Waals surface area contributed by atoms with Gasteiger partial charge in [-0.15, -0.1) is 0 Å². The van der Waals surface area contributed by atoms with Gasteiger partial charge in [0, 0.05) is 4.91 Å². The topological polar surface area (TPSA) is 75.1 Å². The molecule has 0 bridgehead atoms. The van der Waals surface area contributed by atoms with E-state index in [2.05, 4.69) is 14.8 Å². The van der Waals surface area contributed by atoms with Crippen molar-refractivity contribution in [3.63, 3.8) is 0 Å². The number of hydrogen-bond donors (Lipinski definition) is 0. The van der Waals surface area contributed by atoms with Gasteiger partial charge in [-0.25, -0.2) is 4.79 Å². The molecule has 0 saturated heterocycles. The van der Waals surface area contributed by atoms with E-state index in [4.69, 9.17) is 5.53 Å². The third-order valence-electron chi connectivity index (χ3n) is 2.45. The molecule has 0 amide bonds. The Labute approximate surface area is 97.3 Å².